The standard InChI is InChI=1S/C21H26N2O3/c1-16-18(9-13-25-16)21(24)23-12-14-26-19(15-22-10-5-6-11-22)20(23)17-7-3-2-4-8-17/h2-4,7-9,13,19-20H,5-6,10-12,14-15H2,1H3/t19-,20-/m0/s1. The highest BCUT2D eigenvalue weighted by atomic mass is 16.5. The molecule has 2 saturated heterocycles. The van der Waals surface area contributed by atoms with Crippen molar-refractivity contribution in [3.05, 3.63) is 59.5 Å². The van der Waals surface area contributed by atoms with Crippen LogP contribution < -0.4 is 0 Å². The Morgan fingerprint density at radius 1 is 1.12 bits per heavy atom. The van der Waals surface area contributed by atoms with Crippen LogP contribution in [0.15, 0.2) is 47.1 Å². The lowest BCUT2D eigenvalue weighted by Crippen LogP contribution is -2.51. The molecule has 26 heavy (non-hydrogen) atoms. The Balaban J connectivity index is 1.64. The molecule has 5 heteroatoms. The average Bonchev–Trinajstić information content (AvgIpc) is 3.33. The van der Waals surface area contributed by atoms with Gasteiger partial charge in [-0.1, -0.05) is 30.3 Å². The lowest BCUT2D eigenvalue weighted by Gasteiger charge is -2.42. The van der Waals surface area contributed by atoms with E-state index in [1.54, 1.807) is 12.3 Å². The first kappa shape index (κ1) is 17.3. The summed E-state index contributed by atoms with van der Waals surface area (Å²) in [6.07, 6.45) is 4.07. The highest BCUT2D eigenvalue weighted by Gasteiger charge is 2.38. The van der Waals surface area contributed by atoms with Crippen molar-refractivity contribution in [3.63, 3.8) is 0 Å². The van der Waals surface area contributed by atoms with Gasteiger partial charge in [-0.15, -0.1) is 0 Å². The molecular weight excluding hydrogens is 328 g/mol. The molecule has 0 saturated carbocycles. The molecule has 0 spiro atoms. The molecule has 3 heterocycles. The van der Waals surface area contributed by atoms with E-state index in [-0.39, 0.29) is 18.1 Å². The number of rotatable bonds is 4. The third kappa shape index (κ3) is 3.41. The van der Waals surface area contributed by atoms with E-state index in [1.165, 1.54) is 12.8 Å². The molecule has 0 radical (unpaired) electrons. The van der Waals surface area contributed by atoms with Crippen molar-refractivity contribution in [1.82, 2.24) is 9.80 Å². The second-order valence-corrected chi connectivity index (χ2v) is 7.16. The number of furan rings is 1. The zero-order valence-corrected chi connectivity index (χ0v) is 15.3. The molecule has 138 valence electrons. The van der Waals surface area contributed by atoms with Crippen LogP contribution in [0.25, 0.3) is 0 Å². The highest BCUT2D eigenvalue weighted by molar-refractivity contribution is 5.95. The van der Waals surface area contributed by atoms with Crippen molar-refractivity contribution in [1.29, 1.82) is 0 Å². The van der Waals surface area contributed by atoms with Crippen LogP contribution >= 0.6 is 0 Å². The van der Waals surface area contributed by atoms with Crippen LogP contribution in [0.2, 0.25) is 0 Å². The topological polar surface area (TPSA) is 45.9 Å². The van der Waals surface area contributed by atoms with E-state index in [9.17, 15) is 4.79 Å². The monoisotopic (exact) mass is 354 g/mol. The molecule has 1 amide bonds. The van der Waals surface area contributed by atoms with Crippen LogP contribution in [0.1, 0.15) is 40.6 Å². The number of hydrogen-bond acceptors (Lipinski definition) is 4. The number of ether oxygens (including phenoxy) is 1. The SMILES string of the molecule is Cc1occc1C(=O)N1CCO[C@@H](CN2CCCC2)[C@@H]1c1ccccc1. The summed E-state index contributed by atoms with van der Waals surface area (Å²) in [5, 5.41) is 0. The number of benzene rings is 1. The van der Waals surface area contributed by atoms with Gasteiger partial charge in [0.1, 0.15) is 5.76 Å². The fourth-order valence-corrected chi connectivity index (χ4v) is 4.14. The fourth-order valence-electron chi connectivity index (χ4n) is 4.14. The third-order valence-corrected chi connectivity index (χ3v) is 5.48. The molecular formula is C21H26N2O3. The van der Waals surface area contributed by atoms with Crippen molar-refractivity contribution in [2.75, 3.05) is 32.8 Å². The van der Waals surface area contributed by atoms with Crippen molar-refractivity contribution < 1.29 is 13.9 Å². The van der Waals surface area contributed by atoms with Crippen molar-refractivity contribution in [3.8, 4) is 0 Å². The summed E-state index contributed by atoms with van der Waals surface area (Å²) in [5.41, 5.74) is 1.78. The van der Waals surface area contributed by atoms with E-state index in [2.05, 4.69) is 17.0 Å². The summed E-state index contributed by atoms with van der Waals surface area (Å²) in [6, 6.07) is 12.0. The lowest BCUT2D eigenvalue weighted by atomic mass is 9.96. The number of carbonyl (C=O) groups excluding carboxylic acids is 1. The van der Waals surface area contributed by atoms with Gasteiger partial charge in [-0.3, -0.25) is 4.79 Å². The largest absolute Gasteiger partial charge is 0.469 e. The smallest absolute Gasteiger partial charge is 0.258 e. The number of aryl methyl sites for hydroxylation is 1. The maximum absolute atomic E-state index is 13.2. The lowest BCUT2D eigenvalue weighted by molar-refractivity contribution is -0.0707. The molecule has 2 atom stereocenters. The summed E-state index contributed by atoms with van der Waals surface area (Å²) in [5.74, 6) is 0.698. The van der Waals surface area contributed by atoms with Gasteiger partial charge in [0.05, 0.1) is 30.6 Å². The van der Waals surface area contributed by atoms with E-state index in [0.717, 1.165) is 25.2 Å². The van der Waals surface area contributed by atoms with Gasteiger partial charge in [0.2, 0.25) is 0 Å². The van der Waals surface area contributed by atoms with Crippen LogP contribution in [-0.2, 0) is 4.74 Å². The average molecular weight is 354 g/mol. The van der Waals surface area contributed by atoms with Crippen molar-refractivity contribution >= 4 is 5.91 Å². The molecule has 0 unspecified atom stereocenters. The molecule has 0 bridgehead atoms. The van der Waals surface area contributed by atoms with E-state index in [1.807, 2.05) is 30.0 Å². The van der Waals surface area contributed by atoms with E-state index in [0.29, 0.717) is 24.5 Å². The van der Waals surface area contributed by atoms with Gasteiger partial charge in [0.15, 0.2) is 0 Å². The van der Waals surface area contributed by atoms with Crippen LogP contribution in [0, 0.1) is 6.92 Å². The predicted octanol–water partition coefficient (Wildman–Crippen LogP) is 3.27. The molecule has 4 rings (SSSR count). The number of amides is 1. The molecule has 2 aliphatic rings. The molecule has 2 fully saturated rings. The molecule has 2 aliphatic heterocycles. The first-order valence-electron chi connectivity index (χ1n) is 9.48. The Bertz CT molecular complexity index is 737. The molecule has 5 nitrogen and oxygen atoms in total. The van der Waals surface area contributed by atoms with Gasteiger partial charge in [-0.25, -0.2) is 0 Å². The van der Waals surface area contributed by atoms with Gasteiger partial charge in [0.25, 0.3) is 5.91 Å². The van der Waals surface area contributed by atoms with Crippen LogP contribution in [0.5, 0.6) is 0 Å². The summed E-state index contributed by atoms with van der Waals surface area (Å²) >= 11 is 0. The second-order valence-electron chi connectivity index (χ2n) is 7.16. The van der Waals surface area contributed by atoms with Crippen molar-refractivity contribution in [2.24, 2.45) is 0 Å². The van der Waals surface area contributed by atoms with E-state index < -0.39 is 0 Å². The maximum Gasteiger partial charge on any atom is 0.258 e. The minimum Gasteiger partial charge on any atom is -0.469 e. The molecule has 1 aromatic carbocycles. The number of morpholine rings is 1. The molecule has 2 aromatic rings. The van der Waals surface area contributed by atoms with Gasteiger partial charge in [-0.05, 0) is 44.5 Å². The number of likely N-dealkylation sites (tertiary alicyclic amines) is 1. The number of hydrogen-bond donors (Lipinski definition) is 0. The van der Waals surface area contributed by atoms with Crippen LogP contribution in [0.3, 0.4) is 0 Å². The minimum absolute atomic E-state index is 0.0135. The Hall–Kier alpha value is -2.11. The zero-order chi connectivity index (χ0) is 17.9. The maximum atomic E-state index is 13.2. The van der Waals surface area contributed by atoms with E-state index >= 15 is 0 Å². The van der Waals surface area contributed by atoms with Crippen molar-refractivity contribution in [2.45, 2.75) is 31.9 Å². The first-order valence-corrected chi connectivity index (χ1v) is 9.48. The Morgan fingerprint density at radius 2 is 1.88 bits per heavy atom. The molecule has 0 N–H and O–H groups in total. The predicted molar refractivity (Wildman–Crippen MR) is 99.1 cm³/mol. The summed E-state index contributed by atoms with van der Waals surface area (Å²) in [6.45, 7) is 6.12. The first-order chi connectivity index (χ1) is 12.7. The van der Waals surface area contributed by atoms with Gasteiger partial charge in [-0.2, -0.15) is 0 Å². The molecule has 0 aliphatic carbocycles. The van der Waals surface area contributed by atoms with Gasteiger partial charge < -0.3 is 19.0 Å². The Morgan fingerprint density at radius 3 is 2.58 bits per heavy atom. The quantitative estimate of drug-likeness (QED) is 0.845. The highest BCUT2D eigenvalue weighted by Crippen LogP contribution is 2.32. The third-order valence-electron chi connectivity index (χ3n) is 5.48. The van der Waals surface area contributed by atoms with Crippen LogP contribution in [-0.4, -0.2) is 54.6 Å². The zero-order valence-electron chi connectivity index (χ0n) is 15.3. The normalized spacial score (nSPS) is 24.1. The molecule has 1 aromatic heterocycles. The second kappa shape index (κ2) is 7.64. The number of carbonyl (C=O) groups is 1. The van der Waals surface area contributed by atoms with Crippen LogP contribution in [0.4, 0.5) is 0 Å². The number of nitrogens with zero attached hydrogens (tertiary/aromatic N) is 2. The minimum atomic E-state index is -0.0765. The Kier molecular flexibility index (Phi) is 5.09. The fraction of sp³-hybridized carbons (Fsp3) is 0.476. The summed E-state index contributed by atoms with van der Waals surface area (Å²) < 4.78 is 11.5. The van der Waals surface area contributed by atoms with E-state index in [4.69, 9.17) is 9.15 Å². The summed E-state index contributed by atoms with van der Waals surface area (Å²) in [4.78, 5) is 17.7. The summed E-state index contributed by atoms with van der Waals surface area (Å²) in [7, 11) is 0. The van der Waals surface area contributed by atoms with Gasteiger partial charge in [0, 0.05) is 13.1 Å². The Labute approximate surface area is 154 Å². The van der Waals surface area contributed by atoms with Gasteiger partial charge >= 0.3 is 0 Å².